The predicted molar refractivity (Wildman–Crippen MR) is 115 cm³/mol. The van der Waals surface area contributed by atoms with Gasteiger partial charge in [0.05, 0.1) is 29.2 Å². The van der Waals surface area contributed by atoms with E-state index < -0.39 is 17.7 Å². The van der Waals surface area contributed by atoms with Crippen molar-refractivity contribution in [1.29, 1.82) is 0 Å². The second-order valence-electron chi connectivity index (χ2n) is 9.57. The molecule has 1 aromatic carbocycles. The van der Waals surface area contributed by atoms with Gasteiger partial charge in [0.1, 0.15) is 16.9 Å². The molecule has 7 nitrogen and oxygen atoms in total. The van der Waals surface area contributed by atoms with Gasteiger partial charge < -0.3 is 20.1 Å². The van der Waals surface area contributed by atoms with Crippen LogP contribution >= 0.6 is 0 Å². The normalized spacial score (nSPS) is 13.8. The van der Waals surface area contributed by atoms with Crippen molar-refractivity contribution in [3.05, 3.63) is 29.6 Å². The summed E-state index contributed by atoms with van der Waals surface area (Å²) in [5, 5.41) is 10.9. The summed E-state index contributed by atoms with van der Waals surface area (Å²) >= 11 is 0. The standard InChI is InChI=1S/C22H30N4O3/c1-12(27)11-26-17-14-9-8-13(19(28)29-22(5,6)7)10-15(14)24-18(23)16(17)25-20(26)21(2,3)4/h8-10,12,27H,11H2,1-7H3,(H2,23,24). The third-order valence-corrected chi connectivity index (χ3v) is 4.46. The smallest absolute Gasteiger partial charge is 0.338 e. The van der Waals surface area contributed by atoms with Crippen LogP contribution in [0, 0.1) is 0 Å². The molecule has 0 aliphatic heterocycles. The number of anilines is 1. The highest BCUT2D eigenvalue weighted by atomic mass is 16.6. The van der Waals surface area contributed by atoms with Gasteiger partial charge in [-0.05, 0) is 45.9 Å². The van der Waals surface area contributed by atoms with Gasteiger partial charge in [-0.25, -0.2) is 14.8 Å². The molecular formula is C22H30N4O3. The van der Waals surface area contributed by atoms with Gasteiger partial charge >= 0.3 is 5.97 Å². The van der Waals surface area contributed by atoms with E-state index in [0.29, 0.717) is 29.0 Å². The number of esters is 1. The monoisotopic (exact) mass is 398 g/mol. The lowest BCUT2D eigenvalue weighted by atomic mass is 9.95. The molecule has 156 valence electrons. The van der Waals surface area contributed by atoms with Crippen LogP contribution in [-0.4, -0.2) is 37.3 Å². The first kappa shape index (κ1) is 21.0. The summed E-state index contributed by atoms with van der Waals surface area (Å²) in [5.41, 5.74) is 7.83. The fraction of sp³-hybridized carbons (Fsp3) is 0.500. The maximum absolute atomic E-state index is 12.5. The third kappa shape index (κ3) is 4.19. The molecule has 0 aliphatic carbocycles. The van der Waals surface area contributed by atoms with Crippen molar-refractivity contribution in [1.82, 2.24) is 14.5 Å². The van der Waals surface area contributed by atoms with Crippen molar-refractivity contribution >= 4 is 33.7 Å². The average Bonchev–Trinajstić information content (AvgIpc) is 2.92. The number of nitrogens with two attached hydrogens (primary N) is 1. The predicted octanol–water partition coefficient (Wildman–Crippen LogP) is 3.80. The molecule has 7 heteroatoms. The molecule has 1 unspecified atom stereocenters. The van der Waals surface area contributed by atoms with E-state index in [1.165, 1.54) is 0 Å². The summed E-state index contributed by atoms with van der Waals surface area (Å²) in [6.45, 7) is 13.8. The summed E-state index contributed by atoms with van der Waals surface area (Å²) in [6, 6.07) is 5.26. The van der Waals surface area contributed by atoms with E-state index in [1.54, 1.807) is 19.1 Å². The molecule has 0 aliphatic rings. The quantitative estimate of drug-likeness (QED) is 0.651. The van der Waals surface area contributed by atoms with Gasteiger partial charge in [0.15, 0.2) is 5.82 Å². The van der Waals surface area contributed by atoms with E-state index in [4.69, 9.17) is 15.5 Å². The third-order valence-electron chi connectivity index (χ3n) is 4.46. The van der Waals surface area contributed by atoms with Crippen LogP contribution in [0.2, 0.25) is 0 Å². The Labute approximate surface area is 170 Å². The second-order valence-corrected chi connectivity index (χ2v) is 9.57. The molecule has 0 saturated heterocycles. The van der Waals surface area contributed by atoms with Crippen molar-refractivity contribution in [2.75, 3.05) is 5.73 Å². The highest BCUT2D eigenvalue weighted by molar-refractivity contribution is 6.08. The highest BCUT2D eigenvalue weighted by Crippen LogP contribution is 2.33. The molecule has 29 heavy (non-hydrogen) atoms. The van der Waals surface area contributed by atoms with Crippen molar-refractivity contribution in [2.45, 2.75) is 72.1 Å². The molecule has 1 atom stereocenters. The first-order valence-electron chi connectivity index (χ1n) is 9.79. The zero-order valence-corrected chi connectivity index (χ0v) is 18.2. The topological polar surface area (TPSA) is 103 Å². The minimum Gasteiger partial charge on any atom is -0.456 e. The summed E-state index contributed by atoms with van der Waals surface area (Å²) in [4.78, 5) is 21.7. The second kappa shape index (κ2) is 6.99. The SMILES string of the molecule is CC(O)Cn1c(C(C)(C)C)nc2c(N)nc3cc(C(=O)OC(C)(C)C)ccc3c21. The number of hydrogen-bond donors (Lipinski definition) is 2. The number of hydrogen-bond acceptors (Lipinski definition) is 6. The number of rotatable bonds is 3. The lowest BCUT2D eigenvalue weighted by molar-refractivity contribution is 0.00696. The fourth-order valence-electron chi connectivity index (χ4n) is 3.39. The van der Waals surface area contributed by atoms with Crippen LogP contribution < -0.4 is 5.73 Å². The minimum atomic E-state index is -0.583. The average molecular weight is 399 g/mol. The van der Waals surface area contributed by atoms with E-state index in [0.717, 1.165) is 16.7 Å². The number of aliphatic hydroxyl groups is 1. The molecule has 2 aromatic heterocycles. The van der Waals surface area contributed by atoms with Crippen molar-refractivity contribution in [3.8, 4) is 0 Å². The summed E-state index contributed by atoms with van der Waals surface area (Å²) in [7, 11) is 0. The molecule has 0 bridgehead atoms. The molecule has 3 rings (SSSR count). The van der Waals surface area contributed by atoms with Gasteiger partial charge in [0, 0.05) is 10.8 Å². The van der Waals surface area contributed by atoms with E-state index in [-0.39, 0.29) is 5.41 Å². The highest BCUT2D eigenvalue weighted by Gasteiger charge is 2.26. The fourth-order valence-corrected chi connectivity index (χ4v) is 3.39. The molecule has 2 heterocycles. The number of carbonyl (C=O) groups is 1. The number of benzene rings is 1. The first-order valence-corrected chi connectivity index (χ1v) is 9.79. The van der Waals surface area contributed by atoms with E-state index in [2.05, 4.69) is 25.8 Å². The molecule has 0 fully saturated rings. The molecule has 3 N–H and O–H groups in total. The molecule has 0 saturated carbocycles. The summed E-state index contributed by atoms with van der Waals surface area (Å²) < 4.78 is 7.47. The Bertz CT molecular complexity index is 1090. The van der Waals surface area contributed by atoms with Crippen LogP contribution in [0.5, 0.6) is 0 Å². The van der Waals surface area contributed by atoms with Gasteiger partial charge in [0.2, 0.25) is 0 Å². The number of aliphatic hydroxyl groups excluding tert-OH is 1. The first-order chi connectivity index (χ1) is 13.3. The number of pyridine rings is 1. The number of carbonyl (C=O) groups excluding carboxylic acids is 1. The minimum absolute atomic E-state index is 0.247. The Morgan fingerprint density at radius 1 is 1.21 bits per heavy atom. The van der Waals surface area contributed by atoms with Crippen LogP contribution in [0.3, 0.4) is 0 Å². The molecule has 0 amide bonds. The Kier molecular flexibility index (Phi) is 5.07. The number of fused-ring (bicyclic) bond motifs is 3. The lowest BCUT2D eigenvalue weighted by Gasteiger charge is -2.21. The Hall–Kier alpha value is -2.67. The van der Waals surface area contributed by atoms with E-state index in [9.17, 15) is 9.90 Å². The zero-order chi connectivity index (χ0) is 21.7. The zero-order valence-electron chi connectivity index (χ0n) is 18.2. The summed E-state index contributed by atoms with van der Waals surface area (Å²) in [6.07, 6.45) is -0.557. The maximum atomic E-state index is 12.5. The van der Waals surface area contributed by atoms with E-state index in [1.807, 2.05) is 31.4 Å². The van der Waals surface area contributed by atoms with Crippen LogP contribution in [0.15, 0.2) is 18.2 Å². The Balaban J connectivity index is 2.28. The van der Waals surface area contributed by atoms with Gasteiger partial charge in [0.25, 0.3) is 0 Å². The molecular weight excluding hydrogens is 368 g/mol. The van der Waals surface area contributed by atoms with Gasteiger partial charge in [-0.15, -0.1) is 0 Å². The maximum Gasteiger partial charge on any atom is 0.338 e. The largest absolute Gasteiger partial charge is 0.456 e. The molecule has 0 radical (unpaired) electrons. The molecule has 0 spiro atoms. The van der Waals surface area contributed by atoms with E-state index >= 15 is 0 Å². The van der Waals surface area contributed by atoms with Crippen LogP contribution in [0.25, 0.3) is 21.9 Å². The number of nitrogen functional groups attached to an aromatic ring is 1. The number of ether oxygens (including phenoxy) is 1. The number of aromatic nitrogens is 3. The van der Waals surface area contributed by atoms with Crippen LogP contribution in [0.4, 0.5) is 5.82 Å². The van der Waals surface area contributed by atoms with Crippen molar-refractivity contribution in [3.63, 3.8) is 0 Å². The van der Waals surface area contributed by atoms with Gasteiger partial charge in [-0.1, -0.05) is 20.8 Å². The Morgan fingerprint density at radius 3 is 2.41 bits per heavy atom. The van der Waals surface area contributed by atoms with Crippen molar-refractivity contribution < 1.29 is 14.6 Å². The van der Waals surface area contributed by atoms with Gasteiger partial charge in [-0.2, -0.15) is 0 Å². The molecule has 3 aromatic rings. The van der Waals surface area contributed by atoms with Gasteiger partial charge in [-0.3, -0.25) is 0 Å². The summed E-state index contributed by atoms with van der Waals surface area (Å²) in [5.74, 6) is 0.710. The Morgan fingerprint density at radius 2 is 1.86 bits per heavy atom. The van der Waals surface area contributed by atoms with Crippen LogP contribution in [-0.2, 0) is 16.7 Å². The lowest BCUT2D eigenvalue weighted by Crippen LogP contribution is -2.23. The number of imidazole rings is 1. The number of nitrogens with zero attached hydrogens (tertiary/aromatic N) is 3. The van der Waals surface area contributed by atoms with Crippen molar-refractivity contribution in [2.24, 2.45) is 0 Å². The van der Waals surface area contributed by atoms with Crippen LogP contribution in [0.1, 0.15) is 64.6 Å².